The molecule has 0 fully saturated rings. The number of carbonyl (C=O) groups excluding carboxylic acids is 2. The predicted octanol–water partition coefficient (Wildman–Crippen LogP) is 2.44. The fourth-order valence-electron chi connectivity index (χ4n) is 2.84. The number of nitrogens with one attached hydrogen (secondary N) is 2. The molecule has 11 heteroatoms. The number of carbonyl (C=O) groups is 2. The van der Waals surface area contributed by atoms with Gasteiger partial charge in [0.25, 0.3) is 0 Å². The molecular weight excluding hydrogens is 416 g/mol. The van der Waals surface area contributed by atoms with Gasteiger partial charge >= 0.3 is 12.0 Å². The van der Waals surface area contributed by atoms with Gasteiger partial charge in [-0.25, -0.2) is 9.59 Å². The van der Waals surface area contributed by atoms with E-state index in [0.717, 1.165) is 9.35 Å². The number of amides is 2. The van der Waals surface area contributed by atoms with Gasteiger partial charge in [0.2, 0.25) is 0 Å². The number of methoxy groups -OCH3 is 3. The van der Waals surface area contributed by atoms with Gasteiger partial charge in [0.1, 0.15) is 5.01 Å². The third kappa shape index (κ3) is 4.62. The second kappa shape index (κ2) is 9.14. The highest BCUT2D eigenvalue weighted by Gasteiger charge is 2.34. The lowest BCUT2D eigenvalue weighted by Crippen LogP contribution is -2.46. The molecule has 1 aromatic carbocycles. The van der Waals surface area contributed by atoms with Crippen molar-refractivity contribution in [1.82, 2.24) is 20.8 Å². The first-order valence-corrected chi connectivity index (χ1v) is 10.3. The minimum absolute atomic E-state index is 0.313. The number of hydrogen-bond donors (Lipinski definition) is 2. The van der Waals surface area contributed by atoms with Crippen LogP contribution in [0.3, 0.4) is 0 Å². The number of benzene rings is 1. The molecular formula is C18H20N4O5S2. The minimum atomic E-state index is -0.706. The van der Waals surface area contributed by atoms with Gasteiger partial charge in [0, 0.05) is 11.4 Å². The molecule has 0 saturated heterocycles. The Hall–Kier alpha value is -2.79. The fourth-order valence-corrected chi connectivity index (χ4v) is 4.62. The smallest absolute Gasteiger partial charge is 0.338 e. The Balaban J connectivity index is 1.99. The Morgan fingerprint density at radius 3 is 2.59 bits per heavy atom. The molecule has 0 bridgehead atoms. The predicted molar refractivity (Wildman–Crippen MR) is 108 cm³/mol. The number of esters is 1. The van der Waals surface area contributed by atoms with Crippen LogP contribution in [0, 0.1) is 6.92 Å². The molecule has 1 unspecified atom stereocenters. The number of rotatable bonds is 7. The molecule has 3 rings (SSSR count). The van der Waals surface area contributed by atoms with Crippen LogP contribution in [0.2, 0.25) is 0 Å². The quantitative estimate of drug-likeness (QED) is 0.503. The molecule has 29 heavy (non-hydrogen) atoms. The van der Waals surface area contributed by atoms with E-state index in [9.17, 15) is 9.59 Å². The zero-order valence-electron chi connectivity index (χ0n) is 16.3. The van der Waals surface area contributed by atoms with Gasteiger partial charge in [-0.15, -0.1) is 10.2 Å². The van der Waals surface area contributed by atoms with Crippen LogP contribution in [0.15, 0.2) is 33.8 Å². The summed E-state index contributed by atoms with van der Waals surface area (Å²) in [5, 5.41) is 14.4. The SMILES string of the molecule is COC(=O)C1=C(CSc2nnc(C)s2)NC(=O)NC1c1ccc(OC)c(OC)c1. The van der Waals surface area contributed by atoms with Crippen molar-refractivity contribution in [2.24, 2.45) is 0 Å². The number of aromatic nitrogens is 2. The van der Waals surface area contributed by atoms with Gasteiger partial charge in [-0.05, 0) is 24.6 Å². The normalized spacial score (nSPS) is 16.1. The van der Waals surface area contributed by atoms with Gasteiger partial charge in [0.05, 0.1) is 32.9 Å². The van der Waals surface area contributed by atoms with Crippen LogP contribution in [-0.4, -0.2) is 49.3 Å². The highest BCUT2D eigenvalue weighted by Crippen LogP contribution is 2.35. The summed E-state index contributed by atoms with van der Waals surface area (Å²) in [5.41, 5.74) is 1.43. The van der Waals surface area contributed by atoms with Crippen LogP contribution in [-0.2, 0) is 9.53 Å². The number of urea groups is 1. The molecule has 0 radical (unpaired) electrons. The van der Waals surface area contributed by atoms with E-state index in [1.807, 2.05) is 6.92 Å². The summed E-state index contributed by atoms with van der Waals surface area (Å²) in [4.78, 5) is 24.9. The van der Waals surface area contributed by atoms with Crippen LogP contribution >= 0.6 is 23.1 Å². The Morgan fingerprint density at radius 1 is 1.21 bits per heavy atom. The zero-order chi connectivity index (χ0) is 21.0. The van der Waals surface area contributed by atoms with Crippen molar-refractivity contribution in [3.05, 3.63) is 40.0 Å². The minimum Gasteiger partial charge on any atom is -0.493 e. The van der Waals surface area contributed by atoms with E-state index in [1.54, 1.807) is 18.2 Å². The summed E-state index contributed by atoms with van der Waals surface area (Å²) < 4.78 is 16.3. The molecule has 2 amide bonds. The van der Waals surface area contributed by atoms with Gasteiger partial charge in [0.15, 0.2) is 15.8 Å². The second-order valence-corrected chi connectivity index (χ2v) is 8.31. The lowest BCUT2D eigenvalue weighted by molar-refractivity contribution is -0.136. The van der Waals surface area contributed by atoms with Crippen molar-refractivity contribution in [2.75, 3.05) is 27.1 Å². The Labute approximate surface area is 175 Å². The lowest BCUT2D eigenvalue weighted by Gasteiger charge is -2.29. The Morgan fingerprint density at radius 2 is 1.97 bits per heavy atom. The van der Waals surface area contributed by atoms with Crippen molar-refractivity contribution in [3.8, 4) is 11.5 Å². The van der Waals surface area contributed by atoms with Gasteiger partial charge in [-0.2, -0.15) is 0 Å². The molecule has 1 aromatic heterocycles. The molecule has 2 heterocycles. The molecule has 1 aliphatic rings. The fraction of sp³-hybridized carbons (Fsp3) is 0.333. The van der Waals surface area contributed by atoms with Crippen molar-refractivity contribution in [2.45, 2.75) is 17.3 Å². The highest BCUT2D eigenvalue weighted by atomic mass is 32.2. The first-order valence-electron chi connectivity index (χ1n) is 8.50. The van der Waals surface area contributed by atoms with E-state index in [-0.39, 0.29) is 0 Å². The molecule has 1 atom stereocenters. The number of hydrogen-bond acceptors (Lipinski definition) is 9. The Kier molecular flexibility index (Phi) is 6.60. The topological polar surface area (TPSA) is 112 Å². The van der Waals surface area contributed by atoms with Crippen molar-refractivity contribution in [1.29, 1.82) is 0 Å². The summed E-state index contributed by atoms with van der Waals surface area (Å²) in [6.45, 7) is 1.86. The molecule has 0 spiro atoms. The second-order valence-electron chi connectivity index (χ2n) is 5.91. The first-order chi connectivity index (χ1) is 14.0. The van der Waals surface area contributed by atoms with Crippen LogP contribution in [0.5, 0.6) is 11.5 Å². The molecule has 1 aliphatic heterocycles. The summed E-state index contributed by atoms with van der Waals surface area (Å²) in [7, 11) is 4.36. The maximum absolute atomic E-state index is 12.6. The molecule has 0 aliphatic carbocycles. The van der Waals surface area contributed by atoms with Gasteiger partial charge in [-0.1, -0.05) is 29.2 Å². The van der Waals surface area contributed by atoms with Crippen LogP contribution in [0.25, 0.3) is 0 Å². The molecule has 0 saturated carbocycles. The highest BCUT2D eigenvalue weighted by molar-refractivity contribution is 8.01. The van der Waals surface area contributed by atoms with E-state index in [2.05, 4.69) is 20.8 Å². The van der Waals surface area contributed by atoms with Gasteiger partial charge < -0.3 is 24.8 Å². The van der Waals surface area contributed by atoms with Gasteiger partial charge in [-0.3, -0.25) is 0 Å². The van der Waals surface area contributed by atoms with Crippen LogP contribution in [0.4, 0.5) is 4.79 Å². The van der Waals surface area contributed by atoms with E-state index in [1.165, 1.54) is 44.4 Å². The van der Waals surface area contributed by atoms with E-state index in [0.29, 0.717) is 34.1 Å². The van der Waals surface area contributed by atoms with Crippen molar-refractivity contribution in [3.63, 3.8) is 0 Å². The van der Waals surface area contributed by atoms with E-state index >= 15 is 0 Å². The third-order valence-electron chi connectivity index (χ3n) is 4.15. The summed E-state index contributed by atoms with van der Waals surface area (Å²) in [6, 6.07) is 4.08. The van der Waals surface area contributed by atoms with Crippen molar-refractivity contribution >= 4 is 35.1 Å². The largest absolute Gasteiger partial charge is 0.493 e. The van der Waals surface area contributed by atoms with Crippen LogP contribution < -0.4 is 20.1 Å². The third-order valence-corrected chi connectivity index (χ3v) is 6.15. The van der Waals surface area contributed by atoms with E-state index in [4.69, 9.17) is 14.2 Å². The maximum atomic E-state index is 12.6. The average Bonchev–Trinajstić information content (AvgIpc) is 3.15. The summed E-state index contributed by atoms with van der Waals surface area (Å²) in [6.07, 6.45) is 0. The maximum Gasteiger partial charge on any atom is 0.338 e. The molecule has 2 N–H and O–H groups in total. The number of aryl methyl sites for hydroxylation is 1. The monoisotopic (exact) mass is 436 g/mol. The van der Waals surface area contributed by atoms with Crippen LogP contribution in [0.1, 0.15) is 16.6 Å². The lowest BCUT2D eigenvalue weighted by atomic mass is 9.95. The zero-order valence-corrected chi connectivity index (χ0v) is 17.9. The first kappa shape index (κ1) is 20.9. The number of ether oxygens (including phenoxy) is 3. The Bertz CT molecular complexity index is 959. The summed E-state index contributed by atoms with van der Waals surface area (Å²) >= 11 is 2.83. The standard InChI is InChI=1S/C18H20N4O5S2/c1-9-21-22-18(29-9)28-8-11-14(16(23)27-4)15(20-17(24)19-11)10-5-6-12(25-2)13(7-10)26-3/h5-7,15H,8H2,1-4H3,(H2,19,20,24). The van der Waals surface area contributed by atoms with Crippen molar-refractivity contribution < 1.29 is 23.8 Å². The summed E-state index contributed by atoms with van der Waals surface area (Å²) in [5.74, 6) is 0.821. The molecule has 154 valence electrons. The van der Waals surface area contributed by atoms with E-state index < -0.39 is 18.0 Å². The molecule has 9 nitrogen and oxygen atoms in total. The average molecular weight is 437 g/mol. The number of nitrogens with zero attached hydrogens (tertiary/aromatic N) is 2. The number of thioether (sulfide) groups is 1. The molecule has 2 aromatic rings.